The van der Waals surface area contributed by atoms with Crippen molar-refractivity contribution in [2.45, 2.75) is 38.3 Å². The normalized spacial score (nSPS) is 12.0. The number of aliphatic hydroxyl groups excluding tert-OH is 1. The summed E-state index contributed by atoms with van der Waals surface area (Å²) in [6.45, 7) is 4.04. The maximum atomic E-state index is 12.1. The lowest BCUT2D eigenvalue weighted by molar-refractivity contribution is 0.277. The lowest BCUT2D eigenvalue weighted by atomic mass is 10.4. The molecule has 2 aromatic rings. The van der Waals surface area contributed by atoms with E-state index in [4.69, 9.17) is 9.52 Å². The van der Waals surface area contributed by atoms with Crippen molar-refractivity contribution in [3.63, 3.8) is 0 Å². The summed E-state index contributed by atoms with van der Waals surface area (Å²) in [5, 5.41) is 12.7. The molecule has 2 heterocycles. The molecule has 0 aliphatic heterocycles. The fraction of sp³-hybridized carbons (Fsp3) is 0.500. The number of rotatable bonds is 7. The van der Waals surface area contributed by atoms with Crippen molar-refractivity contribution < 1.29 is 17.9 Å². The fourth-order valence-electron chi connectivity index (χ4n) is 1.69. The number of hydrogen-bond acceptors (Lipinski definition) is 6. The van der Waals surface area contributed by atoms with E-state index in [1.165, 1.54) is 17.1 Å². The Bertz CT molecular complexity index is 685. The Morgan fingerprint density at radius 2 is 2.19 bits per heavy atom. The highest BCUT2D eigenvalue weighted by molar-refractivity contribution is 7.89. The second-order valence-corrected chi connectivity index (χ2v) is 6.36. The third-order valence-electron chi connectivity index (χ3n) is 2.95. The van der Waals surface area contributed by atoms with Gasteiger partial charge in [-0.2, -0.15) is 5.10 Å². The molecule has 0 aliphatic carbocycles. The molecule has 0 saturated carbocycles. The van der Waals surface area contributed by atoms with Gasteiger partial charge in [-0.05, 0) is 20.3 Å². The van der Waals surface area contributed by atoms with E-state index in [9.17, 15) is 8.42 Å². The number of aliphatic hydroxyl groups is 1. The van der Waals surface area contributed by atoms with Gasteiger partial charge in [0.2, 0.25) is 15.9 Å². The van der Waals surface area contributed by atoms with Crippen LogP contribution in [0.4, 0.5) is 0 Å². The molecule has 0 aliphatic rings. The standard InChI is InChI=1S/C12H18N4O4S/c1-9-10(2)20-12(15-9)7-14-21(18,19)11-6-13-16(8-11)4-3-5-17/h6,8,14,17H,3-5,7H2,1-2H3. The highest BCUT2D eigenvalue weighted by Gasteiger charge is 2.17. The summed E-state index contributed by atoms with van der Waals surface area (Å²) in [7, 11) is -3.66. The Morgan fingerprint density at radius 1 is 1.43 bits per heavy atom. The molecule has 0 radical (unpaired) electrons. The summed E-state index contributed by atoms with van der Waals surface area (Å²) in [6, 6.07) is 0. The Balaban J connectivity index is 2.02. The molecule has 0 unspecified atom stereocenters. The molecule has 8 nitrogen and oxygen atoms in total. The topological polar surface area (TPSA) is 110 Å². The van der Waals surface area contributed by atoms with Gasteiger partial charge < -0.3 is 9.52 Å². The van der Waals surface area contributed by atoms with E-state index in [0.29, 0.717) is 24.6 Å². The molecule has 2 N–H and O–H groups in total. The predicted octanol–water partition coefficient (Wildman–Crippen LogP) is 0.349. The molecule has 0 atom stereocenters. The van der Waals surface area contributed by atoms with Crippen LogP contribution in [0.25, 0.3) is 0 Å². The minimum absolute atomic E-state index is 0.0150. The number of oxazole rings is 1. The first-order chi connectivity index (χ1) is 9.92. The third kappa shape index (κ3) is 3.90. The second kappa shape index (κ2) is 6.37. The number of sulfonamides is 1. The summed E-state index contributed by atoms with van der Waals surface area (Å²) in [5.74, 6) is 0.988. The van der Waals surface area contributed by atoms with Gasteiger partial charge in [-0.3, -0.25) is 4.68 Å². The van der Waals surface area contributed by atoms with Gasteiger partial charge in [0.05, 0.1) is 18.4 Å². The molecule has 2 rings (SSSR count). The minimum atomic E-state index is -3.66. The number of hydrogen-bond donors (Lipinski definition) is 2. The van der Waals surface area contributed by atoms with Crippen molar-refractivity contribution in [2.75, 3.05) is 6.61 Å². The van der Waals surface area contributed by atoms with Crippen molar-refractivity contribution in [1.29, 1.82) is 0 Å². The molecule has 0 amide bonds. The third-order valence-corrected chi connectivity index (χ3v) is 4.31. The molecule has 21 heavy (non-hydrogen) atoms. The van der Waals surface area contributed by atoms with Crippen molar-refractivity contribution in [1.82, 2.24) is 19.5 Å². The van der Waals surface area contributed by atoms with E-state index < -0.39 is 10.0 Å². The van der Waals surface area contributed by atoms with Crippen LogP contribution in [0.1, 0.15) is 23.8 Å². The van der Waals surface area contributed by atoms with Gasteiger partial charge in [-0.25, -0.2) is 18.1 Å². The van der Waals surface area contributed by atoms with Crippen LogP contribution in [0.2, 0.25) is 0 Å². The summed E-state index contributed by atoms with van der Waals surface area (Å²) in [6.07, 6.45) is 3.21. The number of aryl methyl sites for hydroxylation is 3. The lowest BCUT2D eigenvalue weighted by Crippen LogP contribution is -2.23. The summed E-state index contributed by atoms with van der Waals surface area (Å²) in [4.78, 5) is 4.18. The first-order valence-electron chi connectivity index (χ1n) is 6.48. The zero-order valence-electron chi connectivity index (χ0n) is 11.9. The molecule has 116 valence electrons. The van der Waals surface area contributed by atoms with Crippen LogP contribution in [0.3, 0.4) is 0 Å². The van der Waals surface area contributed by atoms with Crippen LogP contribution < -0.4 is 4.72 Å². The molecule has 0 saturated heterocycles. The van der Waals surface area contributed by atoms with Gasteiger partial charge in [0.15, 0.2) is 0 Å². The molecular weight excluding hydrogens is 296 g/mol. The minimum Gasteiger partial charge on any atom is -0.444 e. The van der Waals surface area contributed by atoms with Gasteiger partial charge in [0, 0.05) is 19.3 Å². The van der Waals surface area contributed by atoms with Crippen LogP contribution in [0.5, 0.6) is 0 Å². The van der Waals surface area contributed by atoms with Crippen molar-refractivity contribution in [3.05, 3.63) is 29.7 Å². The van der Waals surface area contributed by atoms with E-state index in [-0.39, 0.29) is 18.0 Å². The van der Waals surface area contributed by atoms with E-state index in [1.54, 1.807) is 13.8 Å². The van der Waals surface area contributed by atoms with Crippen LogP contribution >= 0.6 is 0 Å². The number of aromatic nitrogens is 3. The van der Waals surface area contributed by atoms with Gasteiger partial charge in [0.25, 0.3) is 0 Å². The van der Waals surface area contributed by atoms with Gasteiger partial charge >= 0.3 is 0 Å². The first-order valence-corrected chi connectivity index (χ1v) is 7.96. The molecular formula is C12H18N4O4S. The average molecular weight is 314 g/mol. The fourth-order valence-corrected chi connectivity index (χ4v) is 2.62. The van der Waals surface area contributed by atoms with Crippen LogP contribution in [0.15, 0.2) is 21.7 Å². The van der Waals surface area contributed by atoms with E-state index in [1.807, 2.05) is 0 Å². The van der Waals surface area contributed by atoms with Gasteiger partial charge in [-0.1, -0.05) is 0 Å². The van der Waals surface area contributed by atoms with E-state index in [2.05, 4.69) is 14.8 Å². The number of nitrogens with zero attached hydrogens (tertiary/aromatic N) is 3. The molecule has 0 spiro atoms. The zero-order chi connectivity index (χ0) is 15.5. The average Bonchev–Trinajstić information content (AvgIpc) is 3.03. The smallest absolute Gasteiger partial charge is 0.244 e. The summed E-state index contributed by atoms with van der Waals surface area (Å²) < 4.78 is 33.4. The Morgan fingerprint density at radius 3 is 2.81 bits per heavy atom. The van der Waals surface area contributed by atoms with Crippen LogP contribution in [0, 0.1) is 13.8 Å². The quantitative estimate of drug-likeness (QED) is 0.763. The molecule has 9 heteroatoms. The predicted molar refractivity (Wildman–Crippen MR) is 73.9 cm³/mol. The maximum absolute atomic E-state index is 12.1. The Labute approximate surface area is 122 Å². The second-order valence-electron chi connectivity index (χ2n) is 4.59. The first kappa shape index (κ1) is 15.7. The molecule has 0 bridgehead atoms. The lowest BCUT2D eigenvalue weighted by Gasteiger charge is -2.01. The molecule has 0 aromatic carbocycles. The van der Waals surface area contributed by atoms with Crippen molar-refractivity contribution in [2.24, 2.45) is 0 Å². The highest BCUT2D eigenvalue weighted by Crippen LogP contribution is 2.11. The van der Waals surface area contributed by atoms with Crippen LogP contribution in [-0.4, -0.2) is 34.9 Å². The monoisotopic (exact) mass is 314 g/mol. The Kier molecular flexibility index (Phi) is 4.76. The molecule has 2 aromatic heterocycles. The largest absolute Gasteiger partial charge is 0.444 e. The number of nitrogens with one attached hydrogen (secondary N) is 1. The van der Waals surface area contributed by atoms with Gasteiger partial charge in [-0.15, -0.1) is 0 Å². The highest BCUT2D eigenvalue weighted by atomic mass is 32.2. The van der Waals surface area contributed by atoms with Crippen molar-refractivity contribution >= 4 is 10.0 Å². The van der Waals surface area contributed by atoms with Crippen LogP contribution in [-0.2, 0) is 23.1 Å². The zero-order valence-corrected chi connectivity index (χ0v) is 12.7. The summed E-state index contributed by atoms with van der Waals surface area (Å²) >= 11 is 0. The van der Waals surface area contributed by atoms with Gasteiger partial charge in [0.1, 0.15) is 10.7 Å². The van der Waals surface area contributed by atoms with Crippen molar-refractivity contribution in [3.8, 4) is 0 Å². The summed E-state index contributed by atoms with van der Waals surface area (Å²) in [5.41, 5.74) is 0.737. The SMILES string of the molecule is Cc1nc(CNS(=O)(=O)c2cnn(CCCO)c2)oc1C. The van der Waals surface area contributed by atoms with E-state index in [0.717, 1.165) is 5.69 Å². The molecule has 0 fully saturated rings. The van der Waals surface area contributed by atoms with E-state index >= 15 is 0 Å². The Hall–Kier alpha value is -1.71. The maximum Gasteiger partial charge on any atom is 0.244 e.